The molecule has 0 unspecified atom stereocenters. The molecule has 0 aliphatic carbocycles. The van der Waals surface area contributed by atoms with Crippen LogP contribution in [-0.2, 0) is 4.74 Å². The molecular weight excluding hydrogens is 312 g/mol. The van der Waals surface area contributed by atoms with Crippen molar-refractivity contribution in [3.05, 3.63) is 78.4 Å². The van der Waals surface area contributed by atoms with Crippen molar-refractivity contribution in [3.63, 3.8) is 0 Å². The number of fused-ring (bicyclic) bond motifs is 2. The molecule has 4 aromatic rings. The van der Waals surface area contributed by atoms with Gasteiger partial charge < -0.3 is 10.1 Å². The first kappa shape index (κ1) is 15.1. The Hall–Kier alpha value is -3.40. The number of esters is 1. The molecule has 1 heterocycles. The lowest BCUT2D eigenvalue weighted by molar-refractivity contribution is 0.0601. The third-order valence-corrected chi connectivity index (χ3v) is 4.14. The van der Waals surface area contributed by atoms with Crippen molar-refractivity contribution in [2.45, 2.75) is 0 Å². The number of pyridine rings is 1. The fraction of sp³-hybridized carbons (Fsp3) is 0.0476. The van der Waals surface area contributed by atoms with Gasteiger partial charge in [0.05, 0.1) is 29.4 Å². The number of aromatic nitrogens is 1. The summed E-state index contributed by atoms with van der Waals surface area (Å²) in [5, 5.41) is 5.53. The highest BCUT2D eigenvalue weighted by Crippen LogP contribution is 2.33. The van der Waals surface area contributed by atoms with E-state index in [-0.39, 0.29) is 5.97 Å². The molecule has 1 N–H and O–H groups in total. The number of carbonyl (C=O) groups excluding carboxylic acids is 1. The van der Waals surface area contributed by atoms with E-state index in [9.17, 15) is 4.79 Å². The van der Waals surface area contributed by atoms with E-state index < -0.39 is 0 Å². The largest absolute Gasteiger partial charge is 0.465 e. The van der Waals surface area contributed by atoms with Crippen LogP contribution in [-0.4, -0.2) is 18.1 Å². The standard InChI is InChI=1S/C21H16N2O2/c1-25-21(24)14-7-6-8-15(13-14)22-20-16-9-2-4-11-18(16)23-19-12-5-3-10-17(19)20/h2-13H,1H3,(H,22,23). The Bertz CT molecular complexity index is 1040. The predicted molar refractivity (Wildman–Crippen MR) is 100 cm³/mol. The van der Waals surface area contributed by atoms with E-state index in [2.05, 4.69) is 5.32 Å². The third kappa shape index (κ3) is 2.78. The molecule has 4 heteroatoms. The molecule has 4 rings (SSSR count). The number of hydrogen-bond acceptors (Lipinski definition) is 4. The smallest absolute Gasteiger partial charge is 0.337 e. The van der Waals surface area contributed by atoms with Gasteiger partial charge in [-0.3, -0.25) is 0 Å². The lowest BCUT2D eigenvalue weighted by Gasteiger charge is -2.13. The minimum absolute atomic E-state index is 0.354. The van der Waals surface area contributed by atoms with Crippen molar-refractivity contribution in [1.29, 1.82) is 0 Å². The minimum Gasteiger partial charge on any atom is -0.465 e. The second kappa shape index (κ2) is 6.24. The van der Waals surface area contributed by atoms with Crippen molar-refractivity contribution >= 4 is 39.1 Å². The monoisotopic (exact) mass is 328 g/mol. The Balaban J connectivity index is 1.89. The van der Waals surface area contributed by atoms with Crippen LogP contribution in [0.25, 0.3) is 21.8 Å². The van der Waals surface area contributed by atoms with E-state index in [0.29, 0.717) is 5.56 Å². The fourth-order valence-corrected chi connectivity index (χ4v) is 2.96. The molecule has 0 aliphatic heterocycles. The SMILES string of the molecule is COC(=O)c1cccc(Nc2c3ccccc3nc3ccccc23)c1. The van der Waals surface area contributed by atoms with Gasteiger partial charge in [0.2, 0.25) is 0 Å². The Morgan fingerprint density at radius 1 is 0.880 bits per heavy atom. The summed E-state index contributed by atoms with van der Waals surface area (Å²) in [4.78, 5) is 16.5. The van der Waals surface area contributed by atoms with Gasteiger partial charge in [-0.05, 0) is 30.3 Å². The number of carbonyl (C=O) groups is 1. The maximum absolute atomic E-state index is 11.8. The summed E-state index contributed by atoms with van der Waals surface area (Å²) in [6.45, 7) is 0. The Morgan fingerprint density at radius 2 is 1.52 bits per heavy atom. The lowest BCUT2D eigenvalue weighted by atomic mass is 10.1. The van der Waals surface area contributed by atoms with Crippen molar-refractivity contribution in [1.82, 2.24) is 4.98 Å². The van der Waals surface area contributed by atoms with E-state index in [1.165, 1.54) is 7.11 Å². The number of methoxy groups -OCH3 is 1. The van der Waals surface area contributed by atoms with E-state index in [1.807, 2.05) is 60.7 Å². The molecule has 122 valence electrons. The van der Waals surface area contributed by atoms with Crippen LogP contribution in [0.5, 0.6) is 0 Å². The summed E-state index contributed by atoms with van der Waals surface area (Å²) < 4.78 is 4.81. The molecule has 0 saturated heterocycles. The van der Waals surface area contributed by atoms with Crippen LogP contribution < -0.4 is 5.32 Å². The Morgan fingerprint density at radius 3 is 2.16 bits per heavy atom. The first-order chi connectivity index (χ1) is 12.3. The number of ether oxygens (including phenoxy) is 1. The topological polar surface area (TPSA) is 51.2 Å². The summed E-state index contributed by atoms with van der Waals surface area (Å²) in [6, 6.07) is 23.3. The zero-order valence-corrected chi connectivity index (χ0v) is 13.7. The number of benzene rings is 3. The highest BCUT2D eigenvalue weighted by Gasteiger charge is 2.10. The van der Waals surface area contributed by atoms with Gasteiger partial charge in [-0.25, -0.2) is 9.78 Å². The van der Waals surface area contributed by atoms with Crippen LogP contribution in [0.1, 0.15) is 10.4 Å². The van der Waals surface area contributed by atoms with Crippen molar-refractivity contribution in [2.24, 2.45) is 0 Å². The molecule has 0 spiro atoms. The molecule has 1 aromatic heterocycles. The molecule has 4 nitrogen and oxygen atoms in total. The average molecular weight is 328 g/mol. The second-order valence-electron chi connectivity index (χ2n) is 5.72. The van der Waals surface area contributed by atoms with Crippen LogP contribution >= 0.6 is 0 Å². The number of rotatable bonds is 3. The maximum atomic E-state index is 11.8. The first-order valence-electron chi connectivity index (χ1n) is 7.99. The van der Waals surface area contributed by atoms with Crippen molar-refractivity contribution in [2.75, 3.05) is 12.4 Å². The number of hydrogen-bond donors (Lipinski definition) is 1. The molecular formula is C21H16N2O2. The molecule has 0 amide bonds. The zero-order valence-electron chi connectivity index (χ0n) is 13.7. The molecule has 0 atom stereocenters. The number of nitrogens with zero attached hydrogens (tertiary/aromatic N) is 1. The summed E-state index contributed by atoms with van der Waals surface area (Å²) in [6.07, 6.45) is 0. The molecule has 0 radical (unpaired) electrons. The van der Waals surface area contributed by atoms with Crippen LogP contribution in [0, 0.1) is 0 Å². The maximum Gasteiger partial charge on any atom is 0.337 e. The van der Waals surface area contributed by atoms with Gasteiger partial charge in [0.1, 0.15) is 0 Å². The quantitative estimate of drug-likeness (QED) is 0.428. The average Bonchev–Trinajstić information content (AvgIpc) is 2.67. The van der Waals surface area contributed by atoms with Crippen molar-refractivity contribution < 1.29 is 9.53 Å². The lowest BCUT2D eigenvalue weighted by Crippen LogP contribution is -2.02. The number of para-hydroxylation sites is 2. The number of anilines is 2. The molecule has 0 aliphatic rings. The summed E-state index contributed by atoms with van der Waals surface area (Å²) >= 11 is 0. The van der Waals surface area contributed by atoms with Gasteiger partial charge in [0.25, 0.3) is 0 Å². The molecule has 25 heavy (non-hydrogen) atoms. The Kier molecular flexibility index (Phi) is 3.78. The van der Waals surface area contributed by atoms with Gasteiger partial charge in [0.15, 0.2) is 0 Å². The predicted octanol–water partition coefficient (Wildman–Crippen LogP) is 4.92. The minimum atomic E-state index is -0.354. The van der Waals surface area contributed by atoms with Crippen LogP contribution in [0.4, 0.5) is 11.4 Å². The van der Waals surface area contributed by atoms with Gasteiger partial charge in [0, 0.05) is 16.5 Å². The second-order valence-corrected chi connectivity index (χ2v) is 5.72. The van der Waals surface area contributed by atoms with Gasteiger partial charge in [-0.15, -0.1) is 0 Å². The van der Waals surface area contributed by atoms with Crippen molar-refractivity contribution in [3.8, 4) is 0 Å². The normalized spacial score (nSPS) is 10.8. The highest BCUT2D eigenvalue weighted by molar-refractivity contribution is 6.08. The van der Waals surface area contributed by atoms with E-state index in [4.69, 9.17) is 9.72 Å². The van der Waals surface area contributed by atoms with Crippen LogP contribution in [0.2, 0.25) is 0 Å². The molecule has 0 fully saturated rings. The van der Waals surface area contributed by atoms with Gasteiger partial charge in [-0.1, -0.05) is 42.5 Å². The summed E-state index contributed by atoms with van der Waals surface area (Å²) in [5.41, 5.74) is 4.16. The zero-order chi connectivity index (χ0) is 17.2. The van der Waals surface area contributed by atoms with E-state index in [1.54, 1.807) is 12.1 Å². The summed E-state index contributed by atoms with van der Waals surface area (Å²) in [5.74, 6) is -0.354. The third-order valence-electron chi connectivity index (χ3n) is 4.14. The summed E-state index contributed by atoms with van der Waals surface area (Å²) in [7, 11) is 1.38. The van der Waals surface area contributed by atoms with E-state index in [0.717, 1.165) is 33.2 Å². The molecule has 0 bridgehead atoms. The molecule has 0 saturated carbocycles. The van der Waals surface area contributed by atoms with Gasteiger partial charge >= 0.3 is 5.97 Å². The first-order valence-corrected chi connectivity index (χ1v) is 7.99. The fourth-order valence-electron chi connectivity index (χ4n) is 2.96. The van der Waals surface area contributed by atoms with Gasteiger partial charge in [-0.2, -0.15) is 0 Å². The highest BCUT2D eigenvalue weighted by atomic mass is 16.5. The Labute approximate surface area is 145 Å². The van der Waals surface area contributed by atoms with Crippen LogP contribution in [0.3, 0.4) is 0 Å². The van der Waals surface area contributed by atoms with Crippen LogP contribution in [0.15, 0.2) is 72.8 Å². The number of nitrogens with one attached hydrogen (secondary N) is 1. The molecule has 3 aromatic carbocycles. The van der Waals surface area contributed by atoms with E-state index >= 15 is 0 Å².